The SMILES string of the molecule is CCOc1ccc(CCNC(=O)c2ccc3n[nH]nc3c2)cc1OCC. The number of ether oxygens (including phenoxy) is 2. The van der Waals surface area contributed by atoms with Gasteiger partial charge < -0.3 is 14.8 Å². The molecule has 136 valence electrons. The van der Waals surface area contributed by atoms with Crippen LogP contribution in [-0.4, -0.2) is 41.1 Å². The summed E-state index contributed by atoms with van der Waals surface area (Å²) in [6.45, 7) is 5.56. The Bertz CT molecular complexity index is 891. The van der Waals surface area contributed by atoms with Crippen LogP contribution in [0.3, 0.4) is 0 Å². The summed E-state index contributed by atoms with van der Waals surface area (Å²) >= 11 is 0. The summed E-state index contributed by atoms with van der Waals surface area (Å²) in [5.41, 5.74) is 3.04. The number of nitrogens with one attached hydrogen (secondary N) is 2. The number of aromatic amines is 1. The third kappa shape index (κ3) is 4.11. The van der Waals surface area contributed by atoms with Crippen molar-refractivity contribution < 1.29 is 14.3 Å². The average molecular weight is 354 g/mol. The molecule has 7 nitrogen and oxygen atoms in total. The van der Waals surface area contributed by atoms with Crippen LogP contribution < -0.4 is 14.8 Å². The van der Waals surface area contributed by atoms with Gasteiger partial charge in [-0.2, -0.15) is 15.4 Å². The quantitative estimate of drug-likeness (QED) is 0.649. The van der Waals surface area contributed by atoms with Crippen LogP contribution >= 0.6 is 0 Å². The molecule has 0 aliphatic carbocycles. The largest absolute Gasteiger partial charge is 0.490 e. The number of amides is 1. The molecule has 1 aromatic heterocycles. The Morgan fingerprint density at radius 1 is 1.00 bits per heavy atom. The highest BCUT2D eigenvalue weighted by molar-refractivity contribution is 5.97. The van der Waals surface area contributed by atoms with Crippen molar-refractivity contribution in [3.63, 3.8) is 0 Å². The highest BCUT2D eigenvalue weighted by Crippen LogP contribution is 2.28. The van der Waals surface area contributed by atoms with Crippen LogP contribution in [0.4, 0.5) is 0 Å². The van der Waals surface area contributed by atoms with E-state index in [1.807, 2.05) is 32.0 Å². The van der Waals surface area contributed by atoms with Gasteiger partial charge in [0.2, 0.25) is 0 Å². The first-order chi connectivity index (χ1) is 12.7. The fourth-order valence-electron chi connectivity index (χ4n) is 2.65. The van der Waals surface area contributed by atoms with E-state index >= 15 is 0 Å². The molecule has 0 fully saturated rings. The van der Waals surface area contributed by atoms with Gasteiger partial charge in [-0.1, -0.05) is 6.07 Å². The van der Waals surface area contributed by atoms with Crippen molar-refractivity contribution in [3.05, 3.63) is 47.5 Å². The van der Waals surface area contributed by atoms with E-state index in [1.54, 1.807) is 18.2 Å². The molecule has 0 aliphatic rings. The van der Waals surface area contributed by atoms with E-state index in [1.165, 1.54) is 0 Å². The Kier molecular flexibility index (Phi) is 5.68. The lowest BCUT2D eigenvalue weighted by atomic mass is 10.1. The zero-order valence-corrected chi connectivity index (χ0v) is 14.9. The lowest BCUT2D eigenvalue weighted by Crippen LogP contribution is -2.25. The first-order valence-electron chi connectivity index (χ1n) is 8.68. The van der Waals surface area contributed by atoms with Gasteiger partial charge in [0.05, 0.1) is 13.2 Å². The number of hydrogen-bond donors (Lipinski definition) is 2. The van der Waals surface area contributed by atoms with E-state index in [-0.39, 0.29) is 5.91 Å². The first-order valence-corrected chi connectivity index (χ1v) is 8.68. The number of fused-ring (bicyclic) bond motifs is 1. The molecule has 0 aliphatic heterocycles. The van der Waals surface area contributed by atoms with E-state index in [0.29, 0.717) is 37.3 Å². The summed E-state index contributed by atoms with van der Waals surface area (Å²) in [4.78, 5) is 12.3. The molecule has 0 spiro atoms. The summed E-state index contributed by atoms with van der Waals surface area (Å²) in [6, 6.07) is 11.1. The second-order valence-corrected chi connectivity index (χ2v) is 5.68. The van der Waals surface area contributed by atoms with Gasteiger partial charge >= 0.3 is 0 Å². The fourth-order valence-corrected chi connectivity index (χ4v) is 2.65. The Labute approximate surface area is 151 Å². The van der Waals surface area contributed by atoms with Crippen molar-refractivity contribution in [3.8, 4) is 11.5 Å². The summed E-state index contributed by atoms with van der Waals surface area (Å²) in [5.74, 6) is 1.34. The van der Waals surface area contributed by atoms with Gasteiger partial charge in [-0.15, -0.1) is 0 Å². The van der Waals surface area contributed by atoms with Crippen LogP contribution in [0, 0.1) is 0 Å². The van der Waals surface area contributed by atoms with Crippen LogP contribution in [0.15, 0.2) is 36.4 Å². The molecule has 3 rings (SSSR count). The first kappa shape index (κ1) is 17.7. The van der Waals surface area contributed by atoms with Gasteiger partial charge in [-0.05, 0) is 56.2 Å². The van der Waals surface area contributed by atoms with Crippen LogP contribution in [0.2, 0.25) is 0 Å². The molecule has 2 aromatic carbocycles. The highest BCUT2D eigenvalue weighted by atomic mass is 16.5. The second-order valence-electron chi connectivity index (χ2n) is 5.68. The summed E-state index contributed by atoms with van der Waals surface area (Å²) in [7, 11) is 0. The molecular formula is C19H22N4O3. The third-order valence-electron chi connectivity index (χ3n) is 3.89. The molecule has 0 saturated heterocycles. The number of carbonyl (C=O) groups excluding carboxylic acids is 1. The zero-order valence-electron chi connectivity index (χ0n) is 14.9. The zero-order chi connectivity index (χ0) is 18.4. The normalized spacial score (nSPS) is 10.7. The minimum absolute atomic E-state index is 0.133. The molecule has 1 heterocycles. The summed E-state index contributed by atoms with van der Waals surface area (Å²) in [6.07, 6.45) is 0.699. The molecule has 2 N–H and O–H groups in total. The number of carbonyl (C=O) groups is 1. The third-order valence-corrected chi connectivity index (χ3v) is 3.89. The van der Waals surface area contributed by atoms with Crippen molar-refractivity contribution in [1.29, 1.82) is 0 Å². The van der Waals surface area contributed by atoms with Crippen molar-refractivity contribution in [1.82, 2.24) is 20.7 Å². The fraction of sp³-hybridized carbons (Fsp3) is 0.316. The Hall–Kier alpha value is -3.09. The van der Waals surface area contributed by atoms with Crippen molar-refractivity contribution in [2.24, 2.45) is 0 Å². The molecular weight excluding hydrogens is 332 g/mol. The smallest absolute Gasteiger partial charge is 0.251 e. The molecule has 0 bridgehead atoms. The predicted octanol–water partition coefficient (Wildman–Crippen LogP) is 2.73. The molecule has 0 saturated carbocycles. The van der Waals surface area contributed by atoms with Crippen molar-refractivity contribution >= 4 is 16.9 Å². The Morgan fingerprint density at radius 3 is 2.58 bits per heavy atom. The maximum atomic E-state index is 12.3. The molecule has 26 heavy (non-hydrogen) atoms. The Balaban J connectivity index is 1.59. The van der Waals surface area contributed by atoms with E-state index in [2.05, 4.69) is 20.7 Å². The van der Waals surface area contributed by atoms with Crippen molar-refractivity contribution in [2.45, 2.75) is 20.3 Å². The van der Waals surface area contributed by atoms with Gasteiger partial charge in [-0.25, -0.2) is 0 Å². The number of hydrogen-bond acceptors (Lipinski definition) is 5. The van der Waals surface area contributed by atoms with Gasteiger partial charge in [0.15, 0.2) is 11.5 Å². The molecule has 1 amide bonds. The van der Waals surface area contributed by atoms with Crippen LogP contribution in [0.1, 0.15) is 29.8 Å². The highest BCUT2D eigenvalue weighted by Gasteiger charge is 2.09. The molecule has 7 heteroatoms. The topological polar surface area (TPSA) is 89.1 Å². The van der Waals surface area contributed by atoms with Gasteiger partial charge in [0.25, 0.3) is 5.91 Å². The maximum Gasteiger partial charge on any atom is 0.251 e. The lowest BCUT2D eigenvalue weighted by molar-refractivity contribution is 0.0954. The predicted molar refractivity (Wildman–Crippen MR) is 98.7 cm³/mol. The molecule has 0 atom stereocenters. The van der Waals surface area contributed by atoms with E-state index in [0.717, 1.165) is 22.6 Å². The van der Waals surface area contributed by atoms with Crippen LogP contribution in [0.5, 0.6) is 11.5 Å². The Morgan fingerprint density at radius 2 is 1.77 bits per heavy atom. The summed E-state index contributed by atoms with van der Waals surface area (Å²) < 4.78 is 11.2. The average Bonchev–Trinajstić information content (AvgIpc) is 3.12. The minimum atomic E-state index is -0.133. The van der Waals surface area contributed by atoms with E-state index in [4.69, 9.17) is 9.47 Å². The van der Waals surface area contributed by atoms with Gasteiger partial charge in [0.1, 0.15) is 11.0 Å². The number of benzene rings is 2. The van der Waals surface area contributed by atoms with Crippen LogP contribution in [0.25, 0.3) is 11.0 Å². The van der Waals surface area contributed by atoms with Gasteiger partial charge in [-0.3, -0.25) is 4.79 Å². The van der Waals surface area contributed by atoms with Crippen molar-refractivity contribution in [2.75, 3.05) is 19.8 Å². The second kappa shape index (κ2) is 8.33. The van der Waals surface area contributed by atoms with E-state index < -0.39 is 0 Å². The number of aromatic nitrogens is 3. The van der Waals surface area contributed by atoms with Gasteiger partial charge in [0, 0.05) is 12.1 Å². The minimum Gasteiger partial charge on any atom is -0.490 e. The lowest BCUT2D eigenvalue weighted by Gasteiger charge is -2.12. The number of rotatable bonds is 8. The van der Waals surface area contributed by atoms with Crippen LogP contribution in [-0.2, 0) is 6.42 Å². The van der Waals surface area contributed by atoms with E-state index in [9.17, 15) is 4.79 Å². The molecule has 0 unspecified atom stereocenters. The number of nitrogens with zero attached hydrogens (tertiary/aromatic N) is 2. The molecule has 0 radical (unpaired) electrons. The monoisotopic (exact) mass is 354 g/mol. The maximum absolute atomic E-state index is 12.3. The standard InChI is InChI=1S/C19H22N4O3/c1-3-25-17-8-5-13(11-18(17)26-4-2)9-10-20-19(24)14-6-7-15-16(12-14)22-23-21-15/h5-8,11-12H,3-4,9-10H2,1-2H3,(H,20,24)(H,21,22,23). The summed E-state index contributed by atoms with van der Waals surface area (Å²) in [5, 5.41) is 13.4. The number of H-pyrrole nitrogens is 1. The molecule has 3 aromatic rings.